The molecule has 1 aromatic carbocycles. The highest BCUT2D eigenvalue weighted by atomic mass is 16.5. The lowest BCUT2D eigenvalue weighted by molar-refractivity contribution is 0.0736. The zero-order chi connectivity index (χ0) is 17.1. The summed E-state index contributed by atoms with van der Waals surface area (Å²) in [5, 5.41) is 0.951. The van der Waals surface area contributed by atoms with Gasteiger partial charge in [0.1, 0.15) is 11.3 Å². The Morgan fingerprint density at radius 2 is 2.25 bits per heavy atom. The molecule has 24 heavy (non-hydrogen) atoms. The molecule has 1 fully saturated rings. The standard InChI is InChI=1S/C19H25NO4/c1-13-16-9-8-15(22-3)12-17(16)24-18(13)19(21)20(2)10-4-6-14-7-5-11-23-14/h8-9,12,14H,4-7,10-11H2,1-3H3/t14-/m0/s1. The fourth-order valence-electron chi connectivity index (χ4n) is 3.24. The van der Waals surface area contributed by atoms with Crippen LogP contribution in [0.1, 0.15) is 41.8 Å². The summed E-state index contributed by atoms with van der Waals surface area (Å²) >= 11 is 0. The van der Waals surface area contributed by atoms with E-state index in [2.05, 4.69) is 0 Å². The zero-order valence-electron chi connectivity index (χ0n) is 14.6. The third-order valence-corrected chi connectivity index (χ3v) is 4.73. The van der Waals surface area contributed by atoms with Gasteiger partial charge in [0.15, 0.2) is 5.76 Å². The number of amides is 1. The Labute approximate surface area is 142 Å². The number of ether oxygens (including phenoxy) is 2. The van der Waals surface area contributed by atoms with Crippen LogP contribution in [-0.4, -0.2) is 44.2 Å². The summed E-state index contributed by atoms with van der Waals surface area (Å²) in [6.45, 7) is 3.51. The van der Waals surface area contributed by atoms with Gasteiger partial charge in [-0.3, -0.25) is 4.79 Å². The smallest absolute Gasteiger partial charge is 0.289 e. The Morgan fingerprint density at radius 3 is 2.96 bits per heavy atom. The minimum Gasteiger partial charge on any atom is -0.497 e. The third-order valence-electron chi connectivity index (χ3n) is 4.73. The van der Waals surface area contributed by atoms with Gasteiger partial charge in [0.2, 0.25) is 0 Å². The highest BCUT2D eigenvalue weighted by molar-refractivity contribution is 5.99. The van der Waals surface area contributed by atoms with Crippen molar-refractivity contribution in [2.75, 3.05) is 27.3 Å². The van der Waals surface area contributed by atoms with E-state index in [1.165, 1.54) is 0 Å². The molecule has 1 amide bonds. The Balaban J connectivity index is 1.66. The highest BCUT2D eigenvalue weighted by Gasteiger charge is 2.22. The normalized spacial score (nSPS) is 17.4. The number of furan rings is 1. The number of hydrogen-bond acceptors (Lipinski definition) is 4. The molecule has 0 N–H and O–H groups in total. The monoisotopic (exact) mass is 331 g/mol. The van der Waals surface area contributed by atoms with Crippen LogP contribution in [0.15, 0.2) is 22.6 Å². The van der Waals surface area contributed by atoms with Gasteiger partial charge in [0, 0.05) is 37.2 Å². The van der Waals surface area contributed by atoms with Crippen LogP contribution < -0.4 is 4.74 Å². The number of rotatable bonds is 6. The summed E-state index contributed by atoms with van der Waals surface area (Å²) in [4.78, 5) is 14.4. The van der Waals surface area contributed by atoms with Crippen molar-refractivity contribution in [1.82, 2.24) is 4.90 Å². The van der Waals surface area contributed by atoms with E-state index in [1.54, 1.807) is 12.0 Å². The van der Waals surface area contributed by atoms with Crippen molar-refractivity contribution >= 4 is 16.9 Å². The SMILES string of the molecule is COc1ccc2c(C)c(C(=O)N(C)CCC[C@H]3CCCO3)oc2c1. The molecule has 0 aliphatic carbocycles. The molecule has 0 spiro atoms. The third kappa shape index (κ3) is 3.41. The summed E-state index contributed by atoms with van der Waals surface area (Å²) in [6, 6.07) is 5.63. The van der Waals surface area contributed by atoms with E-state index in [9.17, 15) is 4.79 Å². The minimum absolute atomic E-state index is 0.0741. The van der Waals surface area contributed by atoms with Crippen molar-refractivity contribution < 1.29 is 18.7 Å². The molecule has 1 aliphatic heterocycles. The van der Waals surface area contributed by atoms with Gasteiger partial charge in [-0.15, -0.1) is 0 Å². The van der Waals surface area contributed by atoms with E-state index in [-0.39, 0.29) is 5.91 Å². The van der Waals surface area contributed by atoms with E-state index in [0.29, 0.717) is 24.0 Å². The molecular weight excluding hydrogens is 306 g/mol. The maximum Gasteiger partial charge on any atom is 0.289 e. The van der Waals surface area contributed by atoms with E-state index in [0.717, 1.165) is 49.0 Å². The molecule has 1 atom stereocenters. The lowest BCUT2D eigenvalue weighted by atomic mass is 10.1. The summed E-state index contributed by atoms with van der Waals surface area (Å²) in [5.74, 6) is 1.06. The first-order valence-corrected chi connectivity index (χ1v) is 8.54. The first-order valence-electron chi connectivity index (χ1n) is 8.54. The second-order valence-electron chi connectivity index (χ2n) is 6.42. The molecule has 1 saturated heterocycles. The summed E-state index contributed by atoms with van der Waals surface area (Å²) < 4.78 is 16.6. The molecule has 0 radical (unpaired) electrons. The molecule has 5 heteroatoms. The van der Waals surface area contributed by atoms with Crippen LogP contribution in [0.4, 0.5) is 0 Å². The van der Waals surface area contributed by atoms with Crippen molar-refractivity contribution in [3.8, 4) is 5.75 Å². The topological polar surface area (TPSA) is 51.9 Å². The molecule has 1 aromatic heterocycles. The quantitative estimate of drug-likeness (QED) is 0.808. The molecule has 0 unspecified atom stereocenters. The molecule has 130 valence electrons. The molecule has 0 saturated carbocycles. The second kappa shape index (κ2) is 7.26. The number of methoxy groups -OCH3 is 1. The van der Waals surface area contributed by atoms with Gasteiger partial charge in [-0.25, -0.2) is 0 Å². The predicted octanol–water partition coefficient (Wildman–Crippen LogP) is 3.78. The van der Waals surface area contributed by atoms with Crippen molar-refractivity contribution in [2.24, 2.45) is 0 Å². The zero-order valence-corrected chi connectivity index (χ0v) is 14.6. The lowest BCUT2D eigenvalue weighted by Gasteiger charge is -2.17. The van der Waals surface area contributed by atoms with Crippen LogP contribution in [0.5, 0.6) is 5.75 Å². The van der Waals surface area contributed by atoms with Gasteiger partial charge in [0.25, 0.3) is 5.91 Å². The number of hydrogen-bond donors (Lipinski definition) is 0. The molecule has 2 aromatic rings. The number of nitrogens with zero attached hydrogens (tertiary/aromatic N) is 1. The van der Waals surface area contributed by atoms with Gasteiger partial charge in [-0.05, 0) is 44.7 Å². The van der Waals surface area contributed by atoms with Crippen LogP contribution in [-0.2, 0) is 4.74 Å². The fraction of sp³-hybridized carbons (Fsp3) is 0.526. The fourth-order valence-corrected chi connectivity index (χ4v) is 3.24. The van der Waals surface area contributed by atoms with Crippen LogP contribution in [0.2, 0.25) is 0 Å². The molecule has 2 heterocycles. The van der Waals surface area contributed by atoms with Crippen LogP contribution in [0, 0.1) is 6.92 Å². The largest absolute Gasteiger partial charge is 0.497 e. The van der Waals surface area contributed by atoms with Gasteiger partial charge in [-0.2, -0.15) is 0 Å². The summed E-state index contributed by atoms with van der Waals surface area (Å²) in [5.41, 5.74) is 1.56. The minimum atomic E-state index is -0.0741. The Morgan fingerprint density at radius 1 is 1.42 bits per heavy atom. The molecule has 1 aliphatic rings. The Kier molecular flexibility index (Phi) is 5.09. The first-order chi connectivity index (χ1) is 11.6. The number of benzene rings is 1. The van der Waals surface area contributed by atoms with E-state index < -0.39 is 0 Å². The summed E-state index contributed by atoms with van der Waals surface area (Å²) in [6.07, 6.45) is 4.62. The average Bonchev–Trinajstić information content (AvgIpc) is 3.22. The highest BCUT2D eigenvalue weighted by Crippen LogP contribution is 2.29. The number of carbonyl (C=O) groups is 1. The molecule has 3 rings (SSSR count). The maximum atomic E-state index is 12.7. The van der Waals surface area contributed by atoms with E-state index >= 15 is 0 Å². The predicted molar refractivity (Wildman–Crippen MR) is 92.7 cm³/mol. The van der Waals surface area contributed by atoms with Crippen molar-refractivity contribution in [3.63, 3.8) is 0 Å². The molecule has 0 bridgehead atoms. The van der Waals surface area contributed by atoms with Gasteiger partial charge in [0.05, 0.1) is 13.2 Å². The number of fused-ring (bicyclic) bond motifs is 1. The molecule has 5 nitrogen and oxygen atoms in total. The van der Waals surface area contributed by atoms with Crippen LogP contribution in [0.3, 0.4) is 0 Å². The van der Waals surface area contributed by atoms with E-state index in [1.807, 2.05) is 32.2 Å². The van der Waals surface area contributed by atoms with Crippen LogP contribution >= 0.6 is 0 Å². The van der Waals surface area contributed by atoms with Gasteiger partial charge < -0.3 is 18.8 Å². The first kappa shape index (κ1) is 16.8. The number of carbonyl (C=O) groups excluding carboxylic acids is 1. The van der Waals surface area contributed by atoms with Crippen LogP contribution in [0.25, 0.3) is 11.0 Å². The second-order valence-corrected chi connectivity index (χ2v) is 6.42. The lowest BCUT2D eigenvalue weighted by Crippen LogP contribution is -2.28. The summed E-state index contributed by atoms with van der Waals surface area (Å²) in [7, 11) is 3.44. The van der Waals surface area contributed by atoms with Gasteiger partial charge in [-0.1, -0.05) is 0 Å². The van der Waals surface area contributed by atoms with Gasteiger partial charge >= 0.3 is 0 Å². The Hall–Kier alpha value is -2.01. The average molecular weight is 331 g/mol. The van der Waals surface area contributed by atoms with Crippen molar-refractivity contribution in [3.05, 3.63) is 29.5 Å². The number of aryl methyl sites for hydroxylation is 1. The van der Waals surface area contributed by atoms with Crippen molar-refractivity contribution in [1.29, 1.82) is 0 Å². The molecular formula is C19H25NO4. The van der Waals surface area contributed by atoms with Crippen molar-refractivity contribution in [2.45, 2.75) is 38.7 Å². The maximum absolute atomic E-state index is 12.7. The van der Waals surface area contributed by atoms with E-state index in [4.69, 9.17) is 13.9 Å². The Bertz CT molecular complexity index is 715.